The maximum Gasteiger partial charge on any atom is 0.308 e. The lowest BCUT2D eigenvalue weighted by Gasteiger charge is -2.12. The fourth-order valence-electron chi connectivity index (χ4n) is 3.41. The molecule has 0 bridgehead atoms. The standard InChI is InChI=1S/C22H27N3O5S/c1-14-10-11-23-15(2)17(14)12-31-22-24-18-7-5-6-16(18)21(25-22)30-13-29-20(28)9-4-3-8-19(26)27/h10-11H,3-9,12-13H2,1-2H3,(H,26,27). The molecule has 1 N–H and O–H groups in total. The summed E-state index contributed by atoms with van der Waals surface area (Å²) in [5.41, 5.74) is 5.34. The van der Waals surface area contributed by atoms with Crippen LogP contribution >= 0.6 is 11.8 Å². The zero-order valence-electron chi connectivity index (χ0n) is 17.8. The summed E-state index contributed by atoms with van der Waals surface area (Å²) in [6.07, 6.45) is 5.68. The van der Waals surface area contributed by atoms with E-state index in [1.807, 2.05) is 19.2 Å². The van der Waals surface area contributed by atoms with Gasteiger partial charge in [-0.25, -0.2) is 4.98 Å². The number of hydrogen-bond donors (Lipinski definition) is 1. The zero-order valence-corrected chi connectivity index (χ0v) is 18.7. The molecule has 0 saturated carbocycles. The molecule has 0 aliphatic heterocycles. The SMILES string of the molecule is Cc1ccnc(C)c1CSc1nc2c(c(OCOC(=O)CCCCC(=O)O)n1)CCC2. The van der Waals surface area contributed by atoms with E-state index in [-0.39, 0.29) is 19.6 Å². The number of aryl methyl sites for hydroxylation is 3. The monoisotopic (exact) mass is 445 g/mol. The van der Waals surface area contributed by atoms with Crippen molar-refractivity contribution in [1.82, 2.24) is 15.0 Å². The van der Waals surface area contributed by atoms with Gasteiger partial charge in [-0.1, -0.05) is 11.8 Å². The number of thioether (sulfide) groups is 1. The predicted molar refractivity (Wildman–Crippen MR) is 115 cm³/mol. The number of carbonyl (C=O) groups is 2. The van der Waals surface area contributed by atoms with Gasteiger partial charge in [0.25, 0.3) is 0 Å². The Bertz CT molecular complexity index is 931. The van der Waals surface area contributed by atoms with Crippen LogP contribution in [0.2, 0.25) is 0 Å². The number of nitrogens with zero attached hydrogens (tertiary/aromatic N) is 3. The first-order valence-corrected chi connectivity index (χ1v) is 11.4. The molecule has 2 heterocycles. The highest BCUT2D eigenvalue weighted by Crippen LogP contribution is 2.32. The van der Waals surface area contributed by atoms with Crippen molar-refractivity contribution in [3.63, 3.8) is 0 Å². The molecule has 2 aromatic rings. The van der Waals surface area contributed by atoms with Crippen LogP contribution in [0.25, 0.3) is 0 Å². The Kier molecular flexibility index (Phi) is 8.22. The second-order valence-electron chi connectivity index (χ2n) is 7.45. The van der Waals surface area contributed by atoms with Crippen LogP contribution in [0.5, 0.6) is 5.88 Å². The number of ether oxygens (including phenoxy) is 2. The lowest BCUT2D eigenvalue weighted by molar-refractivity contribution is -0.150. The molecule has 166 valence electrons. The van der Waals surface area contributed by atoms with Crippen molar-refractivity contribution in [1.29, 1.82) is 0 Å². The number of carboxylic acid groups (broad SMARTS) is 1. The number of fused-ring (bicyclic) bond motifs is 1. The van der Waals surface area contributed by atoms with Gasteiger partial charge in [0, 0.05) is 36.0 Å². The third-order valence-electron chi connectivity index (χ3n) is 5.16. The summed E-state index contributed by atoms with van der Waals surface area (Å²) < 4.78 is 10.8. The number of hydrogen-bond acceptors (Lipinski definition) is 8. The van der Waals surface area contributed by atoms with Crippen LogP contribution in [-0.2, 0) is 32.9 Å². The molecule has 0 unspecified atom stereocenters. The number of esters is 1. The summed E-state index contributed by atoms with van der Waals surface area (Å²) in [5, 5.41) is 9.26. The van der Waals surface area contributed by atoms with Gasteiger partial charge in [0.2, 0.25) is 12.7 Å². The number of carbonyl (C=O) groups excluding carboxylic acids is 1. The van der Waals surface area contributed by atoms with Gasteiger partial charge >= 0.3 is 11.9 Å². The molecule has 1 aliphatic rings. The fraction of sp³-hybridized carbons (Fsp3) is 0.500. The minimum Gasteiger partial charge on any atom is -0.481 e. The lowest BCUT2D eigenvalue weighted by Crippen LogP contribution is -2.12. The van der Waals surface area contributed by atoms with Gasteiger partial charge in [0.1, 0.15) is 0 Å². The first-order valence-electron chi connectivity index (χ1n) is 10.4. The Morgan fingerprint density at radius 1 is 1.16 bits per heavy atom. The van der Waals surface area contributed by atoms with E-state index in [9.17, 15) is 9.59 Å². The van der Waals surface area contributed by atoms with Crippen LogP contribution in [0.15, 0.2) is 17.4 Å². The number of aliphatic carboxylic acids is 1. The van der Waals surface area contributed by atoms with Crippen molar-refractivity contribution in [3.8, 4) is 5.88 Å². The molecule has 2 aromatic heterocycles. The first-order chi connectivity index (χ1) is 14.9. The van der Waals surface area contributed by atoms with Crippen LogP contribution in [-0.4, -0.2) is 38.8 Å². The van der Waals surface area contributed by atoms with E-state index in [1.165, 1.54) is 22.9 Å². The van der Waals surface area contributed by atoms with Crippen molar-refractivity contribution in [3.05, 3.63) is 40.3 Å². The molecule has 0 radical (unpaired) electrons. The van der Waals surface area contributed by atoms with Crippen LogP contribution in [0.3, 0.4) is 0 Å². The summed E-state index contributed by atoms with van der Waals surface area (Å²) in [4.78, 5) is 35.9. The highest BCUT2D eigenvalue weighted by Gasteiger charge is 2.21. The van der Waals surface area contributed by atoms with Gasteiger partial charge in [-0.15, -0.1) is 0 Å². The molecule has 0 atom stereocenters. The quantitative estimate of drug-likeness (QED) is 0.181. The van der Waals surface area contributed by atoms with E-state index in [2.05, 4.69) is 16.9 Å². The van der Waals surface area contributed by atoms with Gasteiger partial charge in [0.15, 0.2) is 5.16 Å². The normalized spacial score (nSPS) is 12.5. The number of carboxylic acids is 1. The maximum absolute atomic E-state index is 11.8. The Labute approximate surface area is 185 Å². The van der Waals surface area contributed by atoms with E-state index in [1.54, 1.807) is 0 Å². The van der Waals surface area contributed by atoms with E-state index in [4.69, 9.17) is 19.6 Å². The number of unbranched alkanes of at least 4 members (excludes halogenated alkanes) is 1. The summed E-state index contributed by atoms with van der Waals surface area (Å²) in [6, 6.07) is 2.00. The fourth-order valence-corrected chi connectivity index (χ4v) is 4.44. The molecule has 1 aliphatic carbocycles. The van der Waals surface area contributed by atoms with Crippen molar-refractivity contribution >= 4 is 23.7 Å². The molecule has 0 fully saturated rings. The van der Waals surface area contributed by atoms with Gasteiger partial charge in [0.05, 0.1) is 5.69 Å². The third kappa shape index (κ3) is 6.65. The average molecular weight is 446 g/mol. The Morgan fingerprint density at radius 3 is 2.74 bits per heavy atom. The Balaban J connectivity index is 1.56. The predicted octanol–water partition coefficient (Wildman–Crippen LogP) is 3.79. The summed E-state index contributed by atoms with van der Waals surface area (Å²) >= 11 is 1.54. The summed E-state index contributed by atoms with van der Waals surface area (Å²) in [5.74, 6) is -0.0805. The van der Waals surface area contributed by atoms with E-state index >= 15 is 0 Å². The van der Waals surface area contributed by atoms with Crippen molar-refractivity contribution < 1.29 is 24.2 Å². The molecule has 0 amide bonds. The molecule has 0 aromatic carbocycles. The van der Waals surface area contributed by atoms with Gasteiger partial charge < -0.3 is 14.6 Å². The van der Waals surface area contributed by atoms with Crippen LogP contribution in [0, 0.1) is 13.8 Å². The van der Waals surface area contributed by atoms with Gasteiger partial charge in [-0.2, -0.15) is 4.98 Å². The molecule has 0 spiro atoms. The smallest absolute Gasteiger partial charge is 0.308 e. The number of rotatable bonds is 11. The third-order valence-corrected chi connectivity index (χ3v) is 6.04. The lowest BCUT2D eigenvalue weighted by atomic mass is 10.1. The number of pyridine rings is 1. The van der Waals surface area contributed by atoms with Crippen LogP contribution in [0.1, 0.15) is 60.2 Å². The second kappa shape index (κ2) is 11.1. The number of aromatic nitrogens is 3. The second-order valence-corrected chi connectivity index (χ2v) is 8.39. The minimum absolute atomic E-state index is 0.0510. The summed E-state index contributed by atoms with van der Waals surface area (Å²) in [6.45, 7) is 3.85. The Hall–Kier alpha value is -2.68. The van der Waals surface area contributed by atoms with Crippen LogP contribution < -0.4 is 4.74 Å². The van der Waals surface area contributed by atoms with E-state index < -0.39 is 11.9 Å². The largest absolute Gasteiger partial charge is 0.481 e. The van der Waals surface area contributed by atoms with Crippen molar-refractivity contribution in [2.75, 3.05) is 6.79 Å². The highest BCUT2D eigenvalue weighted by molar-refractivity contribution is 7.98. The van der Waals surface area contributed by atoms with Gasteiger partial charge in [-0.05, 0) is 63.1 Å². The van der Waals surface area contributed by atoms with Gasteiger partial charge in [-0.3, -0.25) is 14.6 Å². The molecule has 8 nitrogen and oxygen atoms in total. The zero-order chi connectivity index (χ0) is 22.2. The molecule has 3 rings (SSSR count). The van der Waals surface area contributed by atoms with Crippen molar-refractivity contribution in [2.24, 2.45) is 0 Å². The molecule has 0 saturated heterocycles. The molecule has 31 heavy (non-hydrogen) atoms. The topological polar surface area (TPSA) is 112 Å². The maximum atomic E-state index is 11.8. The summed E-state index contributed by atoms with van der Waals surface area (Å²) in [7, 11) is 0. The van der Waals surface area contributed by atoms with Crippen molar-refractivity contribution in [2.45, 2.75) is 69.7 Å². The average Bonchev–Trinajstić information content (AvgIpc) is 3.19. The highest BCUT2D eigenvalue weighted by atomic mass is 32.2. The minimum atomic E-state index is -0.864. The first kappa shape index (κ1) is 23.0. The molecule has 9 heteroatoms. The van der Waals surface area contributed by atoms with Crippen LogP contribution in [0.4, 0.5) is 0 Å². The molecular formula is C22H27N3O5S. The Morgan fingerprint density at radius 2 is 1.97 bits per heavy atom. The van der Waals surface area contributed by atoms with E-state index in [0.29, 0.717) is 23.9 Å². The molecular weight excluding hydrogens is 418 g/mol. The van der Waals surface area contributed by atoms with E-state index in [0.717, 1.165) is 42.0 Å².